The maximum absolute atomic E-state index is 12.4. The molecule has 3 aromatic rings. The van der Waals surface area contributed by atoms with Gasteiger partial charge >= 0.3 is 11.9 Å². The molecule has 0 radical (unpaired) electrons. The van der Waals surface area contributed by atoms with Crippen LogP contribution in [0.4, 0.5) is 0 Å². The number of furan rings is 1. The molecule has 0 aliphatic heterocycles. The van der Waals surface area contributed by atoms with Crippen LogP contribution in [0.2, 0.25) is 0 Å². The number of carbonyl (C=O) groups excluding carboxylic acids is 2. The molecule has 6 nitrogen and oxygen atoms in total. The van der Waals surface area contributed by atoms with Crippen LogP contribution in [0.5, 0.6) is 0 Å². The summed E-state index contributed by atoms with van der Waals surface area (Å²) in [6.45, 7) is 3.42. The van der Waals surface area contributed by atoms with Crippen LogP contribution >= 0.6 is 0 Å². The number of carbonyl (C=O) groups is 2. The first-order valence-electron chi connectivity index (χ1n) is 8.30. The second-order valence-electron chi connectivity index (χ2n) is 5.95. The summed E-state index contributed by atoms with van der Waals surface area (Å²) in [6.07, 6.45) is 1.60. The van der Waals surface area contributed by atoms with Crippen molar-refractivity contribution in [3.63, 3.8) is 0 Å². The average molecular weight is 365 g/mol. The summed E-state index contributed by atoms with van der Waals surface area (Å²) in [7, 11) is 2.59. The Bertz CT molecular complexity index is 948. The van der Waals surface area contributed by atoms with Crippen molar-refractivity contribution >= 4 is 11.9 Å². The molecule has 138 valence electrons. The van der Waals surface area contributed by atoms with Crippen molar-refractivity contribution in [2.75, 3.05) is 14.2 Å². The summed E-state index contributed by atoms with van der Waals surface area (Å²) in [4.78, 5) is 29.2. The summed E-state index contributed by atoms with van der Waals surface area (Å²) in [6, 6.07) is 11.0. The second kappa shape index (κ2) is 7.45. The first-order valence-corrected chi connectivity index (χ1v) is 8.30. The van der Waals surface area contributed by atoms with Gasteiger partial charge in [-0.05, 0) is 31.5 Å². The Balaban J connectivity index is 2.26. The van der Waals surface area contributed by atoms with E-state index in [0.717, 1.165) is 11.3 Å². The normalized spacial score (nSPS) is 10.5. The SMILES string of the molecule is COC(=O)c1c(C)nc(C)c(C(=O)OC)c1-c1ccc(-c2ccco2)cc1. The third-order valence-corrected chi connectivity index (χ3v) is 4.32. The van der Waals surface area contributed by atoms with Gasteiger partial charge < -0.3 is 13.9 Å². The van der Waals surface area contributed by atoms with E-state index in [-0.39, 0.29) is 11.1 Å². The summed E-state index contributed by atoms with van der Waals surface area (Å²) >= 11 is 0. The average Bonchev–Trinajstić information content (AvgIpc) is 3.21. The molecule has 0 amide bonds. The number of hydrogen-bond donors (Lipinski definition) is 0. The van der Waals surface area contributed by atoms with Crippen molar-refractivity contribution in [1.29, 1.82) is 0 Å². The zero-order valence-electron chi connectivity index (χ0n) is 15.5. The molecule has 0 atom stereocenters. The molecule has 0 fully saturated rings. The van der Waals surface area contributed by atoms with Crippen LogP contribution in [0, 0.1) is 13.8 Å². The minimum Gasteiger partial charge on any atom is -0.465 e. The third-order valence-electron chi connectivity index (χ3n) is 4.32. The van der Waals surface area contributed by atoms with E-state index in [0.29, 0.717) is 22.5 Å². The molecule has 6 heteroatoms. The quantitative estimate of drug-likeness (QED) is 0.645. The van der Waals surface area contributed by atoms with Crippen LogP contribution in [0.25, 0.3) is 22.5 Å². The molecule has 0 N–H and O–H groups in total. The van der Waals surface area contributed by atoms with Crippen LogP contribution in [0.1, 0.15) is 32.1 Å². The molecule has 0 unspecified atom stereocenters. The van der Waals surface area contributed by atoms with E-state index in [4.69, 9.17) is 13.9 Å². The standard InChI is InChI=1S/C21H19NO5/c1-12-17(20(23)25-3)19(18(13(2)22-12)21(24)26-4)15-9-7-14(8-10-15)16-6-5-11-27-16/h5-11H,1-4H3. The van der Waals surface area contributed by atoms with Crippen molar-refractivity contribution in [3.8, 4) is 22.5 Å². The van der Waals surface area contributed by atoms with E-state index in [1.807, 2.05) is 36.4 Å². The molecule has 27 heavy (non-hydrogen) atoms. The largest absolute Gasteiger partial charge is 0.465 e. The number of esters is 2. The van der Waals surface area contributed by atoms with Gasteiger partial charge in [0.25, 0.3) is 0 Å². The molecule has 0 aliphatic rings. The van der Waals surface area contributed by atoms with Gasteiger partial charge in [-0.15, -0.1) is 0 Å². The number of rotatable bonds is 4. The lowest BCUT2D eigenvalue weighted by Gasteiger charge is -2.17. The molecule has 0 spiro atoms. The number of ether oxygens (including phenoxy) is 2. The van der Waals surface area contributed by atoms with Gasteiger partial charge in [0.05, 0.1) is 43.0 Å². The van der Waals surface area contributed by atoms with E-state index in [2.05, 4.69) is 4.98 Å². The lowest BCUT2D eigenvalue weighted by molar-refractivity contribution is 0.0599. The topological polar surface area (TPSA) is 78.6 Å². The van der Waals surface area contributed by atoms with Crippen LogP contribution in [-0.4, -0.2) is 31.1 Å². The van der Waals surface area contributed by atoms with Gasteiger partial charge in [0.15, 0.2) is 0 Å². The Hall–Kier alpha value is -3.41. The summed E-state index contributed by atoms with van der Waals surface area (Å²) in [5, 5.41) is 0. The number of hydrogen-bond acceptors (Lipinski definition) is 6. The highest BCUT2D eigenvalue weighted by Gasteiger charge is 2.27. The van der Waals surface area contributed by atoms with E-state index in [1.165, 1.54) is 14.2 Å². The Morgan fingerprint density at radius 1 is 0.852 bits per heavy atom. The van der Waals surface area contributed by atoms with Crippen LogP contribution in [-0.2, 0) is 9.47 Å². The molecule has 0 bridgehead atoms. The highest BCUT2D eigenvalue weighted by atomic mass is 16.5. The molecule has 1 aromatic carbocycles. The Morgan fingerprint density at radius 2 is 1.37 bits per heavy atom. The van der Waals surface area contributed by atoms with Crippen molar-refractivity contribution in [1.82, 2.24) is 4.98 Å². The van der Waals surface area contributed by atoms with Gasteiger partial charge in [-0.25, -0.2) is 9.59 Å². The molecule has 2 heterocycles. The molecule has 0 saturated carbocycles. The van der Waals surface area contributed by atoms with Gasteiger partial charge in [-0.1, -0.05) is 24.3 Å². The number of benzene rings is 1. The highest BCUT2D eigenvalue weighted by molar-refractivity contribution is 6.07. The fraction of sp³-hybridized carbons (Fsp3) is 0.190. The predicted molar refractivity (Wildman–Crippen MR) is 99.5 cm³/mol. The first-order chi connectivity index (χ1) is 13.0. The molecular weight excluding hydrogens is 346 g/mol. The fourth-order valence-corrected chi connectivity index (χ4v) is 3.09. The van der Waals surface area contributed by atoms with Crippen molar-refractivity contribution in [2.45, 2.75) is 13.8 Å². The van der Waals surface area contributed by atoms with Crippen molar-refractivity contribution in [3.05, 3.63) is 65.2 Å². The maximum atomic E-state index is 12.4. The monoisotopic (exact) mass is 365 g/mol. The molecule has 0 aliphatic carbocycles. The van der Waals surface area contributed by atoms with E-state index < -0.39 is 11.9 Å². The van der Waals surface area contributed by atoms with E-state index in [1.54, 1.807) is 20.1 Å². The van der Waals surface area contributed by atoms with Crippen LogP contribution in [0.3, 0.4) is 0 Å². The zero-order chi connectivity index (χ0) is 19.6. The van der Waals surface area contributed by atoms with Crippen LogP contribution in [0.15, 0.2) is 47.1 Å². The fourth-order valence-electron chi connectivity index (χ4n) is 3.09. The Morgan fingerprint density at radius 3 is 1.81 bits per heavy atom. The van der Waals surface area contributed by atoms with Gasteiger partial charge in [0, 0.05) is 11.1 Å². The highest BCUT2D eigenvalue weighted by Crippen LogP contribution is 2.33. The lowest BCUT2D eigenvalue weighted by Crippen LogP contribution is -2.16. The first kappa shape index (κ1) is 18.4. The van der Waals surface area contributed by atoms with Gasteiger partial charge in [-0.2, -0.15) is 0 Å². The van der Waals surface area contributed by atoms with Crippen molar-refractivity contribution < 1.29 is 23.5 Å². The maximum Gasteiger partial charge on any atom is 0.340 e. The summed E-state index contributed by atoms with van der Waals surface area (Å²) < 4.78 is 15.3. The molecular formula is C21H19NO5. The number of aromatic nitrogens is 1. The minimum atomic E-state index is -0.560. The van der Waals surface area contributed by atoms with Crippen molar-refractivity contribution in [2.24, 2.45) is 0 Å². The van der Waals surface area contributed by atoms with Gasteiger partial charge in [0.1, 0.15) is 5.76 Å². The van der Waals surface area contributed by atoms with Crippen LogP contribution < -0.4 is 0 Å². The third kappa shape index (κ3) is 3.33. The smallest absolute Gasteiger partial charge is 0.340 e. The molecule has 3 rings (SSSR count). The predicted octanol–water partition coefficient (Wildman–Crippen LogP) is 4.20. The number of methoxy groups -OCH3 is 2. The number of aryl methyl sites for hydroxylation is 2. The Labute approximate surface area is 156 Å². The summed E-state index contributed by atoms with van der Waals surface area (Å²) in [5.74, 6) is -0.393. The second-order valence-corrected chi connectivity index (χ2v) is 5.95. The summed E-state index contributed by atoms with van der Waals surface area (Å²) in [5.41, 5.74) is 3.47. The number of nitrogens with zero attached hydrogens (tertiary/aromatic N) is 1. The lowest BCUT2D eigenvalue weighted by atomic mass is 9.92. The zero-order valence-corrected chi connectivity index (χ0v) is 15.5. The van der Waals surface area contributed by atoms with Gasteiger partial charge in [0.2, 0.25) is 0 Å². The Kier molecular flexibility index (Phi) is 5.07. The van der Waals surface area contributed by atoms with E-state index >= 15 is 0 Å². The van der Waals surface area contributed by atoms with Gasteiger partial charge in [-0.3, -0.25) is 4.98 Å². The number of pyridine rings is 1. The molecule has 0 saturated heterocycles. The van der Waals surface area contributed by atoms with E-state index in [9.17, 15) is 9.59 Å². The minimum absolute atomic E-state index is 0.245. The molecule has 2 aromatic heterocycles.